The number of nitrogens with zero attached hydrogens (tertiary/aromatic N) is 4. The standard InChI is InChI=1S/C18H28N6OS.HI/c1-3-19-17(21-13-15-9-8-14(2)26-15)20-10-6-12-24-18(25)23-11-5-4-7-16(23)22-24;/h8-9H,3-7,10-13H2,1-2H3,(H2,19,20,21);1H. The van der Waals surface area contributed by atoms with Crippen molar-refractivity contribution >= 4 is 41.3 Å². The van der Waals surface area contributed by atoms with Crippen LogP contribution in [0.15, 0.2) is 21.9 Å². The Kier molecular flexibility index (Phi) is 8.81. The van der Waals surface area contributed by atoms with Crippen molar-refractivity contribution in [3.63, 3.8) is 0 Å². The van der Waals surface area contributed by atoms with Gasteiger partial charge in [0.1, 0.15) is 5.82 Å². The molecule has 150 valence electrons. The van der Waals surface area contributed by atoms with Crippen molar-refractivity contribution in [1.29, 1.82) is 0 Å². The van der Waals surface area contributed by atoms with Crippen molar-refractivity contribution < 1.29 is 0 Å². The summed E-state index contributed by atoms with van der Waals surface area (Å²) in [5.41, 5.74) is 0.0355. The Bertz CT molecular complexity index is 809. The third-order valence-electron chi connectivity index (χ3n) is 4.40. The lowest BCUT2D eigenvalue weighted by Gasteiger charge is -2.10. The van der Waals surface area contributed by atoms with Gasteiger partial charge in [-0.25, -0.2) is 14.5 Å². The third kappa shape index (κ3) is 6.06. The molecular formula is C18H29IN6OS. The maximum atomic E-state index is 12.3. The van der Waals surface area contributed by atoms with Gasteiger partial charge in [-0.1, -0.05) is 0 Å². The summed E-state index contributed by atoms with van der Waals surface area (Å²) in [4.78, 5) is 19.5. The van der Waals surface area contributed by atoms with Crippen molar-refractivity contribution in [3.8, 4) is 0 Å². The Morgan fingerprint density at radius 3 is 2.89 bits per heavy atom. The van der Waals surface area contributed by atoms with Gasteiger partial charge in [-0.05, 0) is 45.2 Å². The molecule has 27 heavy (non-hydrogen) atoms. The summed E-state index contributed by atoms with van der Waals surface area (Å²) in [7, 11) is 0. The molecule has 0 fully saturated rings. The molecule has 0 unspecified atom stereocenters. The summed E-state index contributed by atoms with van der Waals surface area (Å²) in [6.07, 6.45) is 3.95. The van der Waals surface area contributed by atoms with E-state index >= 15 is 0 Å². The molecule has 0 aromatic carbocycles. The lowest BCUT2D eigenvalue weighted by molar-refractivity contribution is 0.509. The summed E-state index contributed by atoms with van der Waals surface area (Å²) >= 11 is 1.78. The zero-order chi connectivity index (χ0) is 18.4. The number of thiophene rings is 1. The summed E-state index contributed by atoms with van der Waals surface area (Å²) in [5.74, 6) is 1.75. The van der Waals surface area contributed by atoms with Gasteiger partial charge >= 0.3 is 5.69 Å². The Morgan fingerprint density at radius 2 is 2.19 bits per heavy atom. The van der Waals surface area contributed by atoms with E-state index in [1.165, 1.54) is 9.75 Å². The van der Waals surface area contributed by atoms with Gasteiger partial charge in [-0.2, -0.15) is 5.10 Å². The van der Waals surface area contributed by atoms with Gasteiger partial charge in [-0.3, -0.25) is 4.57 Å². The molecule has 0 bridgehead atoms. The first-order valence-electron chi connectivity index (χ1n) is 9.41. The number of hydrogen-bond acceptors (Lipinski definition) is 4. The lowest BCUT2D eigenvalue weighted by Crippen LogP contribution is -2.38. The molecule has 0 amide bonds. The maximum absolute atomic E-state index is 12.3. The number of aryl methyl sites for hydroxylation is 3. The molecule has 0 saturated carbocycles. The van der Waals surface area contributed by atoms with Gasteiger partial charge in [0, 0.05) is 42.4 Å². The van der Waals surface area contributed by atoms with E-state index in [9.17, 15) is 4.79 Å². The zero-order valence-electron chi connectivity index (χ0n) is 16.0. The van der Waals surface area contributed by atoms with E-state index in [0.717, 1.165) is 57.1 Å². The second-order valence-corrected chi connectivity index (χ2v) is 7.89. The van der Waals surface area contributed by atoms with Gasteiger partial charge in [0.25, 0.3) is 0 Å². The van der Waals surface area contributed by atoms with Crippen LogP contribution in [0.3, 0.4) is 0 Å². The van der Waals surface area contributed by atoms with E-state index in [4.69, 9.17) is 0 Å². The highest BCUT2D eigenvalue weighted by Crippen LogP contribution is 2.15. The highest BCUT2D eigenvalue weighted by molar-refractivity contribution is 14.0. The summed E-state index contributed by atoms with van der Waals surface area (Å²) < 4.78 is 3.44. The summed E-state index contributed by atoms with van der Waals surface area (Å²) in [6, 6.07) is 4.25. The topological polar surface area (TPSA) is 76.2 Å². The predicted octanol–water partition coefficient (Wildman–Crippen LogP) is 2.51. The van der Waals surface area contributed by atoms with Crippen LogP contribution in [0.4, 0.5) is 0 Å². The SMILES string of the molecule is CCNC(=NCc1ccc(C)s1)NCCCn1nc2n(c1=O)CCCC2.I. The Hall–Kier alpha value is -1.36. The van der Waals surface area contributed by atoms with Gasteiger partial charge in [0.05, 0.1) is 6.54 Å². The van der Waals surface area contributed by atoms with Crippen LogP contribution in [0.2, 0.25) is 0 Å². The number of aliphatic imine (C=N–C) groups is 1. The first-order chi connectivity index (χ1) is 12.7. The molecule has 0 spiro atoms. The van der Waals surface area contributed by atoms with Crippen molar-refractivity contribution in [2.24, 2.45) is 4.99 Å². The first kappa shape index (κ1) is 21.9. The molecule has 0 saturated heterocycles. The Balaban J connectivity index is 0.00000261. The van der Waals surface area contributed by atoms with E-state index < -0.39 is 0 Å². The number of rotatable bonds is 7. The second-order valence-electron chi connectivity index (χ2n) is 6.52. The van der Waals surface area contributed by atoms with Crippen molar-refractivity contribution in [1.82, 2.24) is 25.0 Å². The van der Waals surface area contributed by atoms with E-state index in [-0.39, 0.29) is 29.7 Å². The number of guanidine groups is 1. The van der Waals surface area contributed by atoms with Crippen LogP contribution in [0, 0.1) is 6.92 Å². The number of nitrogens with one attached hydrogen (secondary N) is 2. The van der Waals surface area contributed by atoms with E-state index in [2.05, 4.69) is 46.7 Å². The van der Waals surface area contributed by atoms with Gasteiger partial charge < -0.3 is 10.6 Å². The minimum absolute atomic E-state index is 0. The number of fused-ring (bicyclic) bond motifs is 1. The van der Waals surface area contributed by atoms with E-state index in [1.807, 2.05) is 4.57 Å². The zero-order valence-corrected chi connectivity index (χ0v) is 19.2. The molecule has 2 N–H and O–H groups in total. The lowest BCUT2D eigenvalue weighted by atomic mass is 10.2. The highest BCUT2D eigenvalue weighted by atomic mass is 127. The fourth-order valence-corrected chi connectivity index (χ4v) is 3.91. The quantitative estimate of drug-likeness (QED) is 0.263. The normalized spacial score (nSPS) is 13.8. The monoisotopic (exact) mass is 504 g/mol. The van der Waals surface area contributed by atoms with Gasteiger partial charge in [-0.15, -0.1) is 35.3 Å². The molecule has 2 aromatic rings. The van der Waals surface area contributed by atoms with Gasteiger partial charge in [0.15, 0.2) is 5.96 Å². The molecule has 1 aliphatic heterocycles. The molecule has 0 aliphatic carbocycles. The molecule has 0 radical (unpaired) electrons. The maximum Gasteiger partial charge on any atom is 0.345 e. The van der Waals surface area contributed by atoms with Crippen LogP contribution in [0.5, 0.6) is 0 Å². The molecule has 0 atom stereocenters. The van der Waals surface area contributed by atoms with Crippen LogP contribution in [-0.4, -0.2) is 33.4 Å². The van der Waals surface area contributed by atoms with Gasteiger partial charge in [0.2, 0.25) is 0 Å². The van der Waals surface area contributed by atoms with E-state index in [1.54, 1.807) is 16.0 Å². The smallest absolute Gasteiger partial charge is 0.345 e. The fourth-order valence-electron chi connectivity index (χ4n) is 3.10. The Morgan fingerprint density at radius 1 is 1.33 bits per heavy atom. The minimum atomic E-state index is 0. The van der Waals surface area contributed by atoms with Crippen LogP contribution in [-0.2, 0) is 26.1 Å². The van der Waals surface area contributed by atoms with Crippen LogP contribution < -0.4 is 16.3 Å². The average Bonchev–Trinajstić information content (AvgIpc) is 3.20. The average molecular weight is 504 g/mol. The van der Waals surface area contributed by atoms with Crippen LogP contribution in [0.1, 0.15) is 41.8 Å². The molecular weight excluding hydrogens is 475 g/mol. The van der Waals surface area contributed by atoms with Crippen molar-refractivity contribution in [3.05, 3.63) is 38.2 Å². The molecule has 2 aromatic heterocycles. The molecule has 3 rings (SSSR count). The van der Waals surface area contributed by atoms with Crippen molar-refractivity contribution in [2.45, 2.75) is 59.2 Å². The number of aromatic nitrogens is 3. The summed E-state index contributed by atoms with van der Waals surface area (Å²) in [5, 5.41) is 11.1. The molecule has 1 aliphatic rings. The number of halogens is 1. The van der Waals surface area contributed by atoms with E-state index in [0.29, 0.717) is 13.1 Å². The number of hydrogen-bond donors (Lipinski definition) is 2. The molecule has 9 heteroatoms. The molecule has 7 nitrogen and oxygen atoms in total. The van der Waals surface area contributed by atoms with Crippen molar-refractivity contribution in [2.75, 3.05) is 13.1 Å². The van der Waals surface area contributed by atoms with Crippen LogP contribution >= 0.6 is 35.3 Å². The largest absolute Gasteiger partial charge is 0.357 e. The highest BCUT2D eigenvalue weighted by Gasteiger charge is 2.16. The predicted molar refractivity (Wildman–Crippen MR) is 121 cm³/mol. The minimum Gasteiger partial charge on any atom is -0.357 e. The third-order valence-corrected chi connectivity index (χ3v) is 5.39. The summed E-state index contributed by atoms with van der Waals surface area (Å²) in [6.45, 7) is 7.87. The Labute approximate surface area is 181 Å². The first-order valence-corrected chi connectivity index (χ1v) is 10.2. The molecule has 3 heterocycles. The second kappa shape index (κ2) is 10.8. The van der Waals surface area contributed by atoms with Crippen LogP contribution in [0.25, 0.3) is 0 Å². The fraction of sp³-hybridized carbons (Fsp3) is 0.611.